The van der Waals surface area contributed by atoms with E-state index in [4.69, 9.17) is 0 Å². The lowest BCUT2D eigenvalue weighted by Gasteiger charge is -2.23. The average Bonchev–Trinajstić information content (AvgIpc) is 2.59. The third-order valence-corrected chi connectivity index (χ3v) is 5.37. The molecule has 140 valence electrons. The number of thioether (sulfide) groups is 1. The molecule has 1 aliphatic carbocycles. The molecular formula is C18H30N4O2S. The van der Waals surface area contributed by atoms with Gasteiger partial charge < -0.3 is 10.2 Å². The molecule has 1 N–H and O–H groups in total. The second kappa shape index (κ2) is 9.97. The molecule has 6 nitrogen and oxygen atoms in total. The minimum absolute atomic E-state index is 0.00775. The first-order valence-electron chi connectivity index (χ1n) is 9.19. The van der Waals surface area contributed by atoms with Gasteiger partial charge in [0.15, 0.2) is 0 Å². The third kappa shape index (κ3) is 5.85. The number of fused-ring (bicyclic) bond motifs is 1. The van der Waals surface area contributed by atoms with Crippen LogP contribution >= 0.6 is 11.8 Å². The van der Waals surface area contributed by atoms with Crippen LogP contribution in [0.3, 0.4) is 0 Å². The summed E-state index contributed by atoms with van der Waals surface area (Å²) in [7, 11) is 4.08. The van der Waals surface area contributed by atoms with E-state index in [1.54, 1.807) is 0 Å². The predicted octanol–water partition coefficient (Wildman–Crippen LogP) is 1.69. The third-order valence-electron chi connectivity index (χ3n) is 4.35. The molecule has 0 unspecified atom stereocenters. The lowest BCUT2D eigenvalue weighted by molar-refractivity contribution is -0.118. The Morgan fingerprint density at radius 1 is 1.32 bits per heavy atom. The number of hydrogen-bond donors (Lipinski definition) is 1. The van der Waals surface area contributed by atoms with E-state index >= 15 is 0 Å². The number of amides is 1. The second-order valence-electron chi connectivity index (χ2n) is 6.78. The van der Waals surface area contributed by atoms with Gasteiger partial charge in [-0.25, -0.2) is 4.79 Å². The van der Waals surface area contributed by atoms with Gasteiger partial charge in [0, 0.05) is 24.3 Å². The van der Waals surface area contributed by atoms with Crippen LogP contribution in [0.15, 0.2) is 9.82 Å². The molecule has 0 spiro atoms. The van der Waals surface area contributed by atoms with Gasteiger partial charge in [0.1, 0.15) is 5.03 Å². The molecule has 7 heteroatoms. The van der Waals surface area contributed by atoms with Gasteiger partial charge in [0.2, 0.25) is 5.91 Å². The second-order valence-corrected chi connectivity index (χ2v) is 7.74. The SMILES string of the molecule is CCCNC(=O)CSc1nc(=O)n(CCCN(C)C)c2c1CCCC2. The Bertz CT molecular complexity index is 643. The van der Waals surface area contributed by atoms with Crippen molar-refractivity contribution in [1.82, 2.24) is 19.8 Å². The van der Waals surface area contributed by atoms with Gasteiger partial charge in [-0.1, -0.05) is 18.7 Å². The molecule has 25 heavy (non-hydrogen) atoms. The van der Waals surface area contributed by atoms with Crippen LogP contribution in [0.2, 0.25) is 0 Å². The van der Waals surface area contributed by atoms with Gasteiger partial charge in [-0.2, -0.15) is 4.98 Å². The zero-order valence-corrected chi connectivity index (χ0v) is 16.5. The van der Waals surface area contributed by atoms with Crippen LogP contribution in [0.4, 0.5) is 0 Å². The number of hydrogen-bond acceptors (Lipinski definition) is 5. The average molecular weight is 367 g/mol. The highest BCUT2D eigenvalue weighted by molar-refractivity contribution is 7.99. The summed E-state index contributed by atoms with van der Waals surface area (Å²) in [6.45, 7) is 4.39. The van der Waals surface area contributed by atoms with Crippen LogP contribution in [0, 0.1) is 0 Å². The van der Waals surface area contributed by atoms with E-state index in [1.807, 2.05) is 25.6 Å². The van der Waals surface area contributed by atoms with Crippen molar-refractivity contribution in [3.8, 4) is 0 Å². The minimum atomic E-state index is -0.170. The maximum atomic E-state index is 12.5. The normalized spacial score (nSPS) is 13.8. The number of aromatic nitrogens is 2. The lowest BCUT2D eigenvalue weighted by Crippen LogP contribution is -2.31. The zero-order valence-electron chi connectivity index (χ0n) is 15.6. The van der Waals surface area contributed by atoms with Gasteiger partial charge in [0.05, 0.1) is 5.75 Å². The first-order valence-corrected chi connectivity index (χ1v) is 10.2. The van der Waals surface area contributed by atoms with Crippen molar-refractivity contribution < 1.29 is 4.79 Å². The Kier molecular flexibility index (Phi) is 7.96. The lowest BCUT2D eigenvalue weighted by atomic mass is 9.97. The van der Waals surface area contributed by atoms with Crippen molar-refractivity contribution in [3.63, 3.8) is 0 Å². The Morgan fingerprint density at radius 2 is 2.08 bits per heavy atom. The van der Waals surface area contributed by atoms with Crippen molar-refractivity contribution >= 4 is 17.7 Å². The Balaban J connectivity index is 2.14. The molecule has 1 aliphatic rings. The fraction of sp³-hybridized carbons (Fsp3) is 0.722. The molecule has 0 fully saturated rings. The summed E-state index contributed by atoms with van der Waals surface area (Å²) in [4.78, 5) is 30.8. The zero-order chi connectivity index (χ0) is 18.2. The molecule has 0 aliphatic heterocycles. The van der Waals surface area contributed by atoms with E-state index in [-0.39, 0.29) is 11.6 Å². The molecule has 1 heterocycles. The van der Waals surface area contributed by atoms with Gasteiger partial charge in [0.25, 0.3) is 0 Å². The number of rotatable bonds is 9. The summed E-state index contributed by atoms with van der Waals surface area (Å²) < 4.78 is 1.86. The quantitative estimate of drug-likeness (QED) is 0.532. The summed E-state index contributed by atoms with van der Waals surface area (Å²) >= 11 is 1.40. The van der Waals surface area contributed by atoms with E-state index in [2.05, 4.69) is 15.2 Å². The van der Waals surface area contributed by atoms with Crippen LogP contribution in [-0.2, 0) is 24.2 Å². The maximum absolute atomic E-state index is 12.5. The molecule has 2 rings (SSSR count). The van der Waals surface area contributed by atoms with Crippen LogP contribution in [0.25, 0.3) is 0 Å². The van der Waals surface area contributed by atoms with Gasteiger partial charge in [-0.15, -0.1) is 0 Å². The smallest absolute Gasteiger partial charge is 0.348 e. The Hall–Kier alpha value is -1.34. The molecule has 0 radical (unpaired) electrons. The van der Waals surface area contributed by atoms with Gasteiger partial charge in [-0.05, 0) is 59.2 Å². The van der Waals surface area contributed by atoms with Crippen LogP contribution < -0.4 is 11.0 Å². The molecule has 0 bridgehead atoms. The molecule has 0 atom stereocenters. The summed E-state index contributed by atoms with van der Waals surface area (Å²) in [5.74, 6) is 0.331. The highest BCUT2D eigenvalue weighted by atomic mass is 32.2. The molecule has 0 aromatic carbocycles. The van der Waals surface area contributed by atoms with Crippen molar-refractivity contribution in [1.29, 1.82) is 0 Å². The molecular weight excluding hydrogens is 336 g/mol. The molecule has 1 amide bonds. The van der Waals surface area contributed by atoms with Gasteiger partial charge in [-0.3, -0.25) is 9.36 Å². The summed E-state index contributed by atoms with van der Waals surface area (Å²) in [5.41, 5.74) is 2.15. The summed E-state index contributed by atoms with van der Waals surface area (Å²) in [6, 6.07) is 0. The van der Waals surface area contributed by atoms with Crippen molar-refractivity contribution in [2.24, 2.45) is 0 Å². The first-order chi connectivity index (χ1) is 12.0. The van der Waals surface area contributed by atoms with Gasteiger partial charge >= 0.3 is 5.69 Å². The van der Waals surface area contributed by atoms with E-state index in [1.165, 1.54) is 17.3 Å². The predicted molar refractivity (Wildman–Crippen MR) is 102 cm³/mol. The van der Waals surface area contributed by atoms with E-state index in [0.29, 0.717) is 18.8 Å². The molecule has 0 saturated carbocycles. The maximum Gasteiger partial charge on any atom is 0.348 e. The molecule has 1 aromatic heterocycles. The van der Waals surface area contributed by atoms with E-state index in [9.17, 15) is 9.59 Å². The number of carbonyl (C=O) groups excluding carboxylic acids is 1. The van der Waals surface area contributed by atoms with Crippen LogP contribution in [0.5, 0.6) is 0 Å². The largest absolute Gasteiger partial charge is 0.355 e. The summed E-state index contributed by atoms with van der Waals surface area (Å²) in [6.07, 6.45) is 5.99. The highest BCUT2D eigenvalue weighted by Gasteiger charge is 2.20. The Labute approximate surface area is 154 Å². The fourth-order valence-corrected chi connectivity index (χ4v) is 4.00. The van der Waals surface area contributed by atoms with E-state index in [0.717, 1.165) is 55.8 Å². The molecule has 0 saturated heterocycles. The van der Waals surface area contributed by atoms with Crippen molar-refractivity contribution in [2.45, 2.75) is 57.0 Å². The summed E-state index contributed by atoms with van der Waals surface area (Å²) in [5, 5.41) is 3.63. The monoisotopic (exact) mass is 366 g/mol. The number of nitrogens with zero attached hydrogens (tertiary/aromatic N) is 3. The molecule has 1 aromatic rings. The number of carbonyl (C=O) groups is 1. The minimum Gasteiger partial charge on any atom is -0.355 e. The van der Waals surface area contributed by atoms with Crippen molar-refractivity contribution in [3.05, 3.63) is 21.7 Å². The number of nitrogens with one attached hydrogen (secondary N) is 1. The topological polar surface area (TPSA) is 67.2 Å². The fourth-order valence-electron chi connectivity index (χ4n) is 3.09. The highest BCUT2D eigenvalue weighted by Crippen LogP contribution is 2.28. The van der Waals surface area contributed by atoms with Crippen molar-refractivity contribution in [2.75, 3.05) is 32.9 Å². The van der Waals surface area contributed by atoms with Crippen LogP contribution in [0.1, 0.15) is 43.9 Å². The van der Waals surface area contributed by atoms with E-state index < -0.39 is 0 Å². The Morgan fingerprint density at radius 3 is 2.80 bits per heavy atom. The first kappa shape index (κ1) is 20.0. The standard InChI is InChI=1S/C18H30N4O2S/c1-4-10-19-16(23)13-25-17-14-8-5-6-9-15(14)22(18(24)20-17)12-7-11-21(2)3/h4-13H2,1-3H3,(H,19,23). The van der Waals surface area contributed by atoms with Crippen LogP contribution in [-0.4, -0.2) is 53.3 Å².